The number of aromatic nitrogens is 3. The highest BCUT2D eigenvalue weighted by atomic mass is 32.1. The summed E-state index contributed by atoms with van der Waals surface area (Å²) in [7, 11) is 0. The third kappa shape index (κ3) is 4.84. The molecule has 32 heavy (non-hydrogen) atoms. The maximum atomic E-state index is 5.68. The van der Waals surface area contributed by atoms with Gasteiger partial charge < -0.3 is 16.0 Å². The molecule has 3 aromatic rings. The maximum Gasteiger partial charge on any atom is 0.181 e. The van der Waals surface area contributed by atoms with E-state index in [4.69, 9.17) is 5.73 Å². The number of aryl methyl sites for hydroxylation is 1. The van der Waals surface area contributed by atoms with Crippen LogP contribution in [0.3, 0.4) is 0 Å². The molecule has 4 aliphatic heterocycles. The lowest BCUT2D eigenvalue weighted by Gasteiger charge is -2.45. The van der Waals surface area contributed by atoms with Crippen LogP contribution in [0.1, 0.15) is 31.4 Å². The van der Waals surface area contributed by atoms with Gasteiger partial charge in [-0.1, -0.05) is 29.6 Å². The molecule has 2 aromatic heterocycles. The van der Waals surface area contributed by atoms with E-state index in [1.807, 2.05) is 37.3 Å². The average molecular weight is 447 g/mol. The highest BCUT2D eigenvalue weighted by Gasteiger charge is 2.33. The lowest BCUT2D eigenvalue weighted by molar-refractivity contribution is 0.0502. The zero-order valence-corrected chi connectivity index (χ0v) is 19.3. The molecule has 1 unspecified atom stereocenters. The van der Waals surface area contributed by atoms with Crippen LogP contribution in [-0.4, -0.2) is 45.8 Å². The molecule has 0 radical (unpaired) electrons. The van der Waals surface area contributed by atoms with E-state index in [2.05, 4.69) is 43.8 Å². The van der Waals surface area contributed by atoms with Gasteiger partial charge in [-0.3, -0.25) is 0 Å². The van der Waals surface area contributed by atoms with Gasteiger partial charge in [-0.05, 0) is 87.7 Å². The molecule has 0 amide bonds. The minimum absolute atomic E-state index is 0.590. The Bertz CT molecular complexity index is 1130. The molecular weight excluding hydrogens is 416 g/mol. The number of thiazole rings is 1. The monoisotopic (exact) mass is 446 g/mol. The Morgan fingerprint density at radius 2 is 2.03 bits per heavy atom. The van der Waals surface area contributed by atoms with E-state index in [1.165, 1.54) is 55.7 Å². The predicted molar refractivity (Wildman–Crippen MR) is 132 cm³/mol. The SMILES string of the molecule is C1=CC(CC2CC3CCN2CC3)=CNC1.Cc1ccc(-c2ccc3nc(N)sc3c2)nn1. The van der Waals surface area contributed by atoms with Gasteiger partial charge in [-0.15, -0.1) is 0 Å². The Balaban J connectivity index is 0.000000136. The van der Waals surface area contributed by atoms with Crippen LogP contribution in [0.25, 0.3) is 21.5 Å². The van der Waals surface area contributed by atoms with Gasteiger partial charge >= 0.3 is 0 Å². The van der Waals surface area contributed by atoms with Gasteiger partial charge in [0.05, 0.1) is 21.6 Å². The van der Waals surface area contributed by atoms with Crippen molar-refractivity contribution in [3.63, 3.8) is 0 Å². The Labute approximate surface area is 193 Å². The van der Waals surface area contributed by atoms with Gasteiger partial charge in [-0.2, -0.15) is 10.2 Å². The normalized spacial score (nSPS) is 23.9. The molecule has 6 heterocycles. The number of benzene rings is 1. The number of nitrogens with one attached hydrogen (secondary N) is 1. The molecule has 166 valence electrons. The molecule has 0 aliphatic carbocycles. The van der Waals surface area contributed by atoms with E-state index in [0.29, 0.717) is 5.13 Å². The van der Waals surface area contributed by atoms with Crippen LogP contribution < -0.4 is 11.1 Å². The number of piperidine rings is 3. The van der Waals surface area contributed by atoms with Crippen LogP contribution in [0.15, 0.2) is 54.3 Å². The zero-order chi connectivity index (χ0) is 21.9. The largest absolute Gasteiger partial charge is 0.387 e. The molecule has 7 rings (SSSR count). The van der Waals surface area contributed by atoms with E-state index in [1.54, 1.807) is 0 Å². The van der Waals surface area contributed by atoms with E-state index in [9.17, 15) is 0 Å². The summed E-state index contributed by atoms with van der Waals surface area (Å²) in [4.78, 5) is 6.92. The Hall–Kier alpha value is -2.77. The number of hydrogen-bond donors (Lipinski definition) is 2. The topological polar surface area (TPSA) is 80.0 Å². The van der Waals surface area contributed by atoms with E-state index >= 15 is 0 Å². The standard InChI is InChI=1S/C13H20N2.C12H10N4S/c1-2-12(10-14-5-1)9-13-8-11-3-6-15(13)7-4-11;1-7-2-4-9(16-15-7)8-3-5-10-11(6-8)17-12(13)14-10/h1-2,10-11,13-14H,3-9H2;2-6H,1H3,(H2,13,14). The molecule has 1 atom stereocenters. The number of nitrogen functional groups attached to an aromatic ring is 1. The lowest BCUT2D eigenvalue weighted by atomic mass is 9.81. The smallest absolute Gasteiger partial charge is 0.181 e. The van der Waals surface area contributed by atoms with Crippen molar-refractivity contribution in [3.05, 3.63) is 60.0 Å². The summed E-state index contributed by atoms with van der Waals surface area (Å²) >= 11 is 1.48. The van der Waals surface area contributed by atoms with Crippen molar-refractivity contribution < 1.29 is 0 Å². The molecule has 0 spiro atoms. The molecule has 4 aliphatic rings. The summed E-state index contributed by atoms with van der Waals surface area (Å²) in [5.41, 5.74) is 10.9. The molecule has 2 bridgehead atoms. The molecule has 3 saturated heterocycles. The molecule has 1 aromatic carbocycles. The lowest BCUT2D eigenvalue weighted by Crippen LogP contribution is -2.48. The summed E-state index contributed by atoms with van der Waals surface area (Å²) in [5.74, 6) is 1.03. The molecule has 6 nitrogen and oxygen atoms in total. The number of anilines is 1. The summed E-state index contributed by atoms with van der Waals surface area (Å²) < 4.78 is 1.07. The first kappa shape index (κ1) is 21.1. The summed E-state index contributed by atoms with van der Waals surface area (Å²) in [6.45, 7) is 5.61. The molecule has 3 N–H and O–H groups in total. The number of fused-ring (bicyclic) bond motifs is 4. The fourth-order valence-electron chi connectivity index (χ4n) is 4.87. The van der Waals surface area contributed by atoms with Crippen molar-refractivity contribution >= 4 is 26.7 Å². The predicted octanol–water partition coefficient (Wildman–Crippen LogP) is 4.55. The van der Waals surface area contributed by atoms with Crippen LogP contribution in [0.2, 0.25) is 0 Å². The Morgan fingerprint density at radius 1 is 1.16 bits per heavy atom. The van der Waals surface area contributed by atoms with Crippen molar-refractivity contribution in [2.45, 2.75) is 38.6 Å². The minimum Gasteiger partial charge on any atom is -0.387 e. The van der Waals surface area contributed by atoms with Crippen LogP contribution in [0.5, 0.6) is 0 Å². The van der Waals surface area contributed by atoms with E-state index < -0.39 is 0 Å². The zero-order valence-electron chi connectivity index (χ0n) is 18.5. The average Bonchev–Trinajstić information content (AvgIpc) is 3.21. The van der Waals surface area contributed by atoms with Gasteiger partial charge in [-0.25, -0.2) is 4.98 Å². The van der Waals surface area contributed by atoms with Crippen molar-refractivity contribution in [3.8, 4) is 11.3 Å². The van der Waals surface area contributed by atoms with Crippen molar-refractivity contribution in [2.24, 2.45) is 5.92 Å². The highest BCUT2D eigenvalue weighted by molar-refractivity contribution is 7.22. The third-order valence-corrected chi connectivity index (χ3v) is 7.44. The van der Waals surface area contributed by atoms with Gasteiger partial charge in [0.25, 0.3) is 0 Å². The number of rotatable bonds is 3. The maximum absolute atomic E-state index is 5.68. The number of nitrogens with two attached hydrogens (primary N) is 1. The third-order valence-electron chi connectivity index (χ3n) is 6.60. The van der Waals surface area contributed by atoms with Crippen LogP contribution >= 0.6 is 11.3 Å². The first-order valence-electron chi connectivity index (χ1n) is 11.4. The number of dihydropyridines is 1. The molecule has 7 heteroatoms. The van der Waals surface area contributed by atoms with Crippen molar-refractivity contribution in [1.29, 1.82) is 0 Å². The fourth-order valence-corrected chi connectivity index (χ4v) is 5.64. The van der Waals surface area contributed by atoms with E-state index in [-0.39, 0.29) is 0 Å². The van der Waals surface area contributed by atoms with Crippen molar-refractivity contribution in [2.75, 3.05) is 25.4 Å². The van der Waals surface area contributed by atoms with Gasteiger partial charge in [0, 0.05) is 18.2 Å². The second-order valence-corrected chi connectivity index (χ2v) is 9.96. The van der Waals surface area contributed by atoms with Crippen molar-refractivity contribution in [1.82, 2.24) is 25.4 Å². The van der Waals surface area contributed by atoms with Gasteiger partial charge in [0.1, 0.15) is 0 Å². The Kier molecular flexibility index (Phi) is 6.19. The minimum atomic E-state index is 0.590. The molecular formula is C25H30N6S. The number of allylic oxidation sites excluding steroid dienone is 1. The van der Waals surface area contributed by atoms with Crippen LogP contribution in [-0.2, 0) is 0 Å². The second kappa shape index (κ2) is 9.38. The molecule has 0 saturated carbocycles. The fraction of sp³-hybridized carbons (Fsp3) is 0.400. The summed E-state index contributed by atoms with van der Waals surface area (Å²) in [6.07, 6.45) is 12.3. The highest BCUT2D eigenvalue weighted by Crippen LogP contribution is 2.34. The first-order valence-corrected chi connectivity index (χ1v) is 12.3. The number of nitrogens with zero attached hydrogens (tertiary/aromatic N) is 4. The quantitative estimate of drug-likeness (QED) is 0.614. The Morgan fingerprint density at radius 3 is 2.72 bits per heavy atom. The summed E-state index contributed by atoms with van der Waals surface area (Å²) in [5, 5.41) is 12.1. The number of hydrogen-bond acceptors (Lipinski definition) is 7. The van der Waals surface area contributed by atoms with Crippen LogP contribution in [0.4, 0.5) is 5.13 Å². The molecule has 3 fully saturated rings. The van der Waals surface area contributed by atoms with Crippen LogP contribution in [0, 0.1) is 12.8 Å². The summed E-state index contributed by atoms with van der Waals surface area (Å²) in [6, 6.07) is 10.7. The second-order valence-electron chi connectivity index (χ2n) is 8.90. The first-order chi connectivity index (χ1) is 15.6. The van der Waals surface area contributed by atoms with Gasteiger partial charge in [0.15, 0.2) is 5.13 Å². The van der Waals surface area contributed by atoms with Gasteiger partial charge in [0.2, 0.25) is 0 Å². The van der Waals surface area contributed by atoms with E-state index in [0.717, 1.165) is 45.7 Å².